The number of carboxylic acid groups (broad SMARTS) is 1. The molecule has 0 bridgehead atoms. The van der Waals surface area contributed by atoms with E-state index in [0.717, 1.165) is 29.4 Å². The summed E-state index contributed by atoms with van der Waals surface area (Å²) in [4.78, 5) is 16.2. The van der Waals surface area contributed by atoms with E-state index >= 15 is 0 Å². The normalized spacial score (nSPS) is 16.5. The molecule has 2 aromatic carbocycles. The van der Waals surface area contributed by atoms with E-state index in [2.05, 4.69) is 57.4 Å². The maximum atomic E-state index is 11.3. The number of hydrogen-bond acceptors (Lipinski definition) is 4. The highest BCUT2D eigenvalue weighted by Gasteiger charge is 2.39. The van der Waals surface area contributed by atoms with Crippen LogP contribution in [0, 0.1) is 0 Å². The van der Waals surface area contributed by atoms with Crippen LogP contribution in [-0.4, -0.2) is 16.1 Å². The number of carbonyl (C=O) groups is 1. The zero-order valence-corrected chi connectivity index (χ0v) is 19.7. The largest absolute Gasteiger partial charge is 0.478 e. The first kappa shape index (κ1) is 21.6. The molecule has 1 aliphatic rings. The molecule has 1 heterocycles. The van der Waals surface area contributed by atoms with Crippen LogP contribution in [0.5, 0.6) is 0 Å². The summed E-state index contributed by atoms with van der Waals surface area (Å²) in [6.07, 6.45) is 3.33. The van der Waals surface area contributed by atoms with Crippen molar-refractivity contribution in [3.8, 4) is 11.3 Å². The van der Waals surface area contributed by atoms with Gasteiger partial charge in [-0.1, -0.05) is 46.8 Å². The lowest BCUT2D eigenvalue weighted by Crippen LogP contribution is -2.34. The lowest BCUT2D eigenvalue weighted by Gasteiger charge is -2.43. The molecular formula is C26H30N2O2S. The average Bonchev–Trinajstić information content (AvgIpc) is 3.19. The predicted octanol–water partition coefficient (Wildman–Crippen LogP) is 7.16. The standard InChI is InChI=1S/C26H30N2O2S/c1-6-16-12-19(22-20(13-16)25(2,3)10-11-26(22,4)5)21-15-31-24(28-21)27-18-9-7-8-17(14-18)23(29)30/h7-9,12-15H,6,10-11H2,1-5H3,(H,27,28)(H,29,30). The second-order valence-electron chi connectivity index (χ2n) is 9.74. The van der Waals surface area contributed by atoms with Crippen LogP contribution in [0.1, 0.15) is 74.5 Å². The first-order valence-electron chi connectivity index (χ1n) is 10.8. The number of carboxylic acids is 1. The second kappa shape index (κ2) is 7.79. The third-order valence-electron chi connectivity index (χ3n) is 6.53. The van der Waals surface area contributed by atoms with Gasteiger partial charge in [-0.3, -0.25) is 0 Å². The average molecular weight is 435 g/mol. The van der Waals surface area contributed by atoms with E-state index < -0.39 is 5.97 Å². The fourth-order valence-corrected chi connectivity index (χ4v) is 5.29. The Hall–Kier alpha value is -2.66. The van der Waals surface area contributed by atoms with Crippen LogP contribution >= 0.6 is 11.3 Å². The smallest absolute Gasteiger partial charge is 0.335 e. The van der Waals surface area contributed by atoms with Crippen molar-refractivity contribution >= 4 is 28.1 Å². The van der Waals surface area contributed by atoms with Gasteiger partial charge < -0.3 is 10.4 Å². The number of rotatable bonds is 5. The van der Waals surface area contributed by atoms with Gasteiger partial charge in [0, 0.05) is 16.6 Å². The van der Waals surface area contributed by atoms with Gasteiger partial charge in [0.25, 0.3) is 0 Å². The molecule has 0 saturated heterocycles. The van der Waals surface area contributed by atoms with Crippen LogP contribution in [0.4, 0.5) is 10.8 Å². The van der Waals surface area contributed by atoms with Crippen LogP contribution < -0.4 is 5.32 Å². The summed E-state index contributed by atoms with van der Waals surface area (Å²) < 4.78 is 0. The topological polar surface area (TPSA) is 62.2 Å². The fourth-order valence-electron chi connectivity index (χ4n) is 4.56. The molecular weight excluding hydrogens is 404 g/mol. The highest BCUT2D eigenvalue weighted by atomic mass is 32.1. The molecule has 1 aliphatic carbocycles. The van der Waals surface area contributed by atoms with Gasteiger partial charge in [0.1, 0.15) is 0 Å². The van der Waals surface area contributed by atoms with Crippen molar-refractivity contribution in [3.05, 3.63) is 64.0 Å². The molecule has 0 saturated carbocycles. The minimum atomic E-state index is -0.934. The molecule has 3 aromatic rings. The Morgan fingerprint density at radius 1 is 1.13 bits per heavy atom. The van der Waals surface area contributed by atoms with Crippen molar-refractivity contribution in [2.45, 2.75) is 64.7 Å². The van der Waals surface area contributed by atoms with Gasteiger partial charge in [0.15, 0.2) is 5.13 Å². The molecule has 0 atom stereocenters. The lowest BCUT2D eigenvalue weighted by molar-refractivity contribution is 0.0697. The Morgan fingerprint density at radius 3 is 2.58 bits per heavy atom. The molecule has 0 amide bonds. The monoisotopic (exact) mass is 434 g/mol. The summed E-state index contributed by atoms with van der Waals surface area (Å²) in [6.45, 7) is 11.6. The molecule has 31 heavy (non-hydrogen) atoms. The lowest BCUT2D eigenvalue weighted by atomic mass is 9.61. The minimum absolute atomic E-state index is 0.0967. The summed E-state index contributed by atoms with van der Waals surface area (Å²) in [5, 5.41) is 15.4. The number of fused-ring (bicyclic) bond motifs is 1. The van der Waals surface area contributed by atoms with Crippen molar-refractivity contribution in [2.24, 2.45) is 0 Å². The van der Waals surface area contributed by atoms with E-state index in [4.69, 9.17) is 4.98 Å². The summed E-state index contributed by atoms with van der Waals surface area (Å²) in [5.41, 5.74) is 7.67. The number of hydrogen-bond donors (Lipinski definition) is 2. The van der Waals surface area contributed by atoms with Crippen LogP contribution in [0.15, 0.2) is 41.8 Å². The number of aromatic nitrogens is 1. The quantitative estimate of drug-likeness (QED) is 0.447. The molecule has 4 rings (SSSR count). The molecule has 0 aliphatic heterocycles. The fraction of sp³-hybridized carbons (Fsp3) is 0.385. The zero-order valence-electron chi connectivity index (χ0n) is 18.9. The van der Waals surface area contributed by atoms with Crippen molar-refractivity contribution in [2.75, 3.05) is 5.32 Å². The van der Waals surface area contributed by atoms with E-state index in [1.807, 2.05) is 6.07 Å². The molecule has 4 nitrogen and oxygen atoms in total. The first-order valence-corrected chi connectivity index (χ1v) is 11.7. The van der Waals surface area contributed by atoms with Crippen LogP contribution in [0.2, 0.25) is 0 Å². The van der Waals surface area contributed by atoms with Crippen LogP contribution in [-0.2, 0) is 17.3 Å². The van der Waals surface area contributed by atoms with Crippen LogP contribution in [0.3, 0.4) is 0 Å². The maximum absolute atomic E-state index is 11.3. The Morgan fingerprint density at radius 2 is 1.87 bits per heavy atom. The Balaban J connectivity index is 1.77. The molecule has 0 unspecified atom stereocenters. The maximum Gasteiger partial charge on any atom is 0.335 e. The first-order chi connectivity index (χ1) is 14.6. The number of nitrogens with one attached hydrogen (secondary N) is 1. The van der Waals surface area contributed by atoms with Gasteiger partial charge in [0.2, 0.25) is 0 Å². The highest BCUT2D eigenvalue weighted by molar-refractivity contribution is 7.14. The van der Waals surface area contributed by atoms with E-state index in [9.17, 15) is 9.90 Å². The second-order valence-corrected chi connectivity index (χ2v) is 10.6. The van der Waals surface area contributed by atoms with Gasteiger partial charge in [-0.05, 0) is 71.0 Å². The van der Waals surface area contributed by atoms with Gasteiger partial charge >= 0.3 is 5.97 Å². The Labute approximate surface area is 188 Å². The third kappa shape index (κ3) is 4.11. The van der Waals surface area contributed by atoms with Crippen molar-refractivity contribution < 1.29 is 9.90 Å². The van der Waals surface area contributed by atoms with E-state index in [0.29, 0.717) is 0 Å². The van der Waals surface area contributed by atoms with Crippen molar-refractivity contribution in [3.63, 3.8) is 0 Å². The number of aryl methyl sites for hydroxylation is 1. The Bertz CT molecular complexity index is 1140. The summed E-state index contributed by atoms with van der Waals surface area (Å²) in [6, 6.07) is 11.5. The molecule has 0 spiro atoms. The number of anilines is 2. The molecule has 5 heteroatoms. The van der Waals surface area contributed by atoms with Crippen molar-refractivity contribution in [1.29, 1.82) is 0 Å². The van der Waals surface area contributed by atoms with Crippen molar-refractivity contribution in [1.82, 2.24) is 4.98 Å². The van der Waals surface area contributed by atoms with E-state index in [-0.39, 0.29) is 16.4 Å². The third-order valence-corrected chi connectivity index (χ3v) is 7.29. The zero-order chi connectivity index (χ0) is 22.4. The van der Waals surface area contributed by atoms with Gasteiger partial charge in [0.05, 0.1) is 11.3 Å². The number of nitrogens with zero attached hydrogens (tertiary/aromatic N) is 1. The molecule has 0 fully saturated rings. The minimum Gasteiger partial charge on any atom is -0.478 e. The molecule has 2 N–H and O–H groups in total. The Kier molecular flexibility index (Phi) is 5.42. The van der Waals surface area contributed by atoms with Gasteiger partial charge in [-0.2, -0.15) is 0 Å². The molecule has 162 valence electrons. The molecule has 1 aromatic heterocycles. The summed E-state index contributed by atoms with van der Waals surface area (Å²) in [5.74, 6) is -0.934. The summed E-state index contributed by atoms with van der Waals surface area (Å²) >= 11 is 1.55. The molecule has 0 radical (unpaired) electrons. The number of aromatic carboxylic acids is 1. The predicted molar refractivity (Wildman–Crippen MR) is 129 cm³/mol. The van der Waals surface area contributed by atoms with E-state index in [1.54, 1.807) is 29.5 Å². The highest BCUT2D eigenvalue weighted by Crippen LogP contribution is 2.50. The number of benzene rings is 2. The number of thiazole rings is 1. The summed E-state index contributed by atoms with van der Waals surface area (Å²) in [7, 11) is 0. The SMILES string of the molecule is CCc1cc(-c2csc(Nc3cccc(C(=O)O)c3)n2)c2c(c1)C(C)(C)CCC2(C)C. The van der Waals surface area contributed by atoms with Gasteiger partial charge in [-0.15, -0.1) is 11.3 Å². The van der Waals surface area contributed by atoms with E-state index in [1.165, 1.54) is 28.7 Å². The van der Waals surface area contributed by atoms with Gasteiger partial charge in [-0.25, -0.2) is 9.78 Å². The van der Waals surface area contributed by atoms with Crippen LogP contribution in [0.25, 0.3) is 11.3 Å².